The largest absolute Gasteiger partial charge is 0.477 e. The van der Waals surface area contributed by atoms with Crippen molar-refractivity contribution in [1.82, 2.24) is 49.5 Å². The number of methoxy groups -OCH3 is 2. The number of aromatic nitrogens is 10. The zero-order chi connectivity index (χ0) is 32.5. The van der Waals surface area contributed by atoms with Crippen molar-refractivity contribution in [3.63, 3.8) is 0 Å². The Labute approximate surface area is 265 Å². The van der Waals surface area contributed by atoms with Gasteiger partial charge in [0.1, 0.15) is 11.3 Å². The molecule has 0 saturated carbocycles. The summed E-state index contributed by atoms with van der Waals surface area (Å²) in [5.41, 5.74) is 5.04. The standard InChI is InChI=1S/2C15H20N6O2/c1-4-23-14-11-5-6-16-13(11)18-15(19-14)17-12-9-21(7-8-22-3)20-10(12)2;1-4-23-14-11-5-6-16-13(11)19-15(20-14)18-12-9-17-21(10(12)2)7-8-22-3/h5-6,9H,4,7-8H2,1-3H3,(H2,16,17,18,19);5-6,9H,4,7-8H2,1-3H3,(H2,16,18,19,20). The first-order chi connectivity index (χ1) is 22.4. The molecule has 0 spiro atoms. The van der Waals surface area contributed by atoms with E-state index in [2.05, 4.69) is 50.7 Å². The molecule has 0 amide bonds. The predicted octanol–water partition coefficient (Wildman–Crippen LogP) is 4.50. The Morgan fingerprint density at radius 1 is 0.761 bits per heavy atom. The number of H-pyrrole nitrogens is 2. The van der Waals surface area contributed by atoms with Crippen LogP contribution in [0.15, 0.2) is 36.9 Å². The maximum Gasteiger partial charge on any atom is 0.232 e. The Morgan fingerprint density at radius 2 is 1.33 bits per heavy atom. The summed E-state index contributed by atoms with van der Waals surface area (Å²) in [6, 6.07) is 3.80. The van der Waals surface area contributed by atoms with Gasteiger partial charge in [-0.3, -0.25) is 9.36 Å². The number of hydrogen-bond acceptors (Lipinski definition) is 12. The molecule has 6 heterocycles. The minimum Gasteiger partial charge on any atom is -0.477 e. The molecule has 0 bridgehead atoms. The van der Waals surface area contributed by atoms with Gasteiger partial charge in [0.15, 0.2) is 0 Å². The molecular formula is C30H40N12O4. The van der Waals surface area contributed by atoms with Crippen LogP contribution in [0.5, 0.6) is 11.8 Å². The molecule has 0 aliphatic heterocycles. The summed E-state index contributed by atoms with van der Waals surface area (Å²) >= 11 is 0. The Bertz CT molecular complexity index is 1770. The second-order valence-electron chi connectivity index (χ2n) is 10.0. The lowest BCUT2D eigenvalue weighted by molar-refractivity contribution is 0.183. The average molecular weight is 633 g/mol. The fraction of sp³-hybridized carbons (Fsp3) is 0.400. The molecule has 6 rings (SSSR count). The third kappa shape index (κ3) is 7.52. The molecule has 16 heteroatoms. The lowest BCUT2D eigenvalue weighted by atomic mass is 10.4. The fourth-order valence-corrected chi connectivity index (χ4v) is 4.58. The molecule has 16 nitrogen and oxygen atoms in total. The van der Waals surface area contributed by atoms with Crippen LogP contribution in [0.1, 0.15) is 25.2 Å². The molecule has 6 aromatic heterocycles. The van der Waals surface area contributed by atoms with Gasteiger partial charge in [-0.15, -0.1) is 0 Å². The van der Waals surface area contributed by atoms with Crippen LogP contribution in [0, 0.1) is 13.8 Å². The SMILES string of the molecule is CCOc1nc(Nc2cn(CCOC)nc2C)nc2[nH]ccc12.CCOc1nc(Nc2cnn(CCOC)c2C)nc2[nH]ccc12. The lowest BCUT2D eigenvalue weighted by Gasteiger charge is -2.08. The topological polar surface area (TPSA) is 180 Å². The molecule has 0 aliphatic rings. The summed E-state index contributed by atoms with van der Waals surface area (Å²) in [6.45, 7) is 11.5. The molecule has 0 radical (unpaired) electrons. The molecule has 46 heavy (non-hydrogen) atoms. The molecule has 0 atom stereocenters. The van der Waals surface area contributed by atoms with Crippen LogP contribution in [-0.4, -0.2) is 90.1 Å². The maximum atomic E-state index is 5.60. The summed E-state index contributed by atoms with van der Waals surface area (Å²) in [7, 11) is 3.34. The van der Waals surface area contributed by atoms with Crippen molar-refractivity contribution >= 4 is 45.3 Å². The molecule has 4 N–H and O–H groups in total. The average Bonchev–Trinajstić information content (AvgIpc) is 3.85. The van der Waals surface area contributed by atoms with E-state index >= 15 is 0 Å². The number of rotatable bonds is 14. The van der Waals surface area contributed by atoms with Gasteiger partial charge in [0.05, 0.1) is 79.2 Å². The van der Waals surface area contributed by atoms with Gasteiger partial charge in [-0.25, -0.2) is 0 Å². The first-order valence-electron chi connectivity index (χ1n) is 15.0. The Kier molecular flexibility index (Phi) is 10.6. The number of hydrogen-bond donors (Lipinski definition) is 4. The smallest absolute Gasteiger partial charge is 0.232 e. The van der Waals surface area contributed by atoms with E-state index in [-0.39, 0.29) is 0 Å². The number of ether oxygens (including phenoxy) is 4. The highest BCUT2D eigenvalue weighted by Crippen LogP contribution is 2.27. The van der Waals surface area contributed by atoms with Gasteiger partial charge in [-0.1, -0.05) is 0 Å². The number of anilines is 4. The minimum atomic E-state index is 0.470. The quantitative estimate of drug-likeness (QED) is 0.132. The summed E-state index contributed by atoms with van der Waals surface area (Å²) in [5, 5.41) is 16.9. The molecule has 244 valence electrons. The molecular weight excluding hydrogens is 592 g/mol. The first-order valence-corrected chi connectivity index (χ1v) is 15.0. The molecule has 6 aromatic rings. The number of nitrogens with one attached hydrogen (secondary N) is 4. The third-order valence-corrected chi connectivity index (χ3v) is 6.90. The van der Waals surface area contributed by atoms with Crippen LogP contribution in [0.4, 0.5) is 23.3 Å². The summed E-state index contributed by atoms with van der Waals surface area (Å²) in [4.78, 5) is 24.0. The molecule has 0 saturated heterocycles. The van der Waals surface area contributed by atoms with Crippen molar-refractivity contribution in [3.8, 4) is 11.8 Å². The van der Waals surface area contributed by atoms with Gasteiger partial charge in [0.2, 0.25) is 23.7 Å². The van der Waals surface area contributed by atoms with Crippen molar-refractivity contribution in [2.24, 2.45) is 0 Å². The van der Waals surface area contributed by atoms with Gasteiger partial charge in [-0.05, 0) is 39.8 Å². The molecule has 0 aromatic carbocycles. The Hall–Kier alpha value is -5.22. The second-order valence-corrected chi connectivity index (χ2v) is 10.0. The second kappa shape index (κ2) is 15.2. The van der Waals surface area contributed by atoms with Crippen LogP contribution >= 0.6 is 0 Å². The van der Waals surface area contributed by atoms with E-state index in [0.717, 1.165) is 44.8 Å². The van der Waals surface area contributed by atoms with E-state index in [0.29, 0.717) is 63.2 Å². The highest BCUT2D eigenvalue weighted by molar-refractivity contribution is 5.83. The van der Waals surface area contributed by atoms with Crippen molar-refractivity contribution in [3.05, 3.63) is 48.3 Å². The number of nitrogens with zero attached hydrogens (tertiary/aromatic N) is 8. The highest BCUT2D eigenvalue weighted by Gasteiger charge is 2.14. The number of aryl methyl sites for hydroxylation is 1. The summed E-state index contributed by atoms with van der Waals surface area (Å²) in [5.74, 6) is 2.06. The normalized spacial score (nSPS) is 11.1. The third-order valence-electron chi connectivity index (χ3n) is 6.90. The fourth-order valence-electron chi connectivity index (χ4n) is 4.58. The van der Waals surface area contributed by atoms with Crippen LogP contribution in [0.2, 0.25) is 0 Å². The van der Waals surface area contributed by atoms with Gasteiger partial charge >= 0.3 is 0 Å². The summed E-state index contributed by atoms with van der Waals surface area (Å²) < 4.78 is 25.1. The zero-order valence-electron chi connectivity index (χ0n) is 26.9. The van der Waals surface area contributed by atoms with Crippen LogP contribution < -0.4 is 20.1 Å². The monoisotopic (exact) mass is 632 g/mol. The predicted molar refractivity (Wildman–Crippen MR) is 174 cm³/mol. The van der Waals surface area contributed by atoms with Gasteiger partial charge in [0, 0.05) is 32.8 Å². The highest BCUT2D eigenvalue weighted by atomic mass is 16.5. The van der Waals surface area contributed by atoms with E-state index in [1.54, 1.807) is 20.4 Å². The lowest BCUT2D eigenvalue weighted by Crippen LogP contribution is -2.08. The van der Waals surface area contributed by atoms with Crippen molar-refractivity contribution in [1.29, 1.82) is 0 Å². The summed E-state index contributed by atoms with van der Waals surface area (Å²) in [6.07, 6.45) is 7.31. The number of aromatic amines is 2. The van der Waals surface area contributed by atoms with Crippen molar-refractivity contribution in [2.75, 3.05) is 51.3 Å². The minimum absolute atomic E-state index is 0.470. The van der Waals surface area contributed by atoms with Crippen LogP contribution in [-0.2, 0) is 22.6 Å². The molecule has 0 fully saturated rings. The van der Waals surface area contributed by atoms with E-state index in [1.165, 1.54) is 0 Å². The van der Waals surface area contributed by atoms with Crippen molar-refractivity contribution < 1.29 is 18.9 Å². The zero-order valence-corrected chi connectivity index (χ0v) is 26.9. The molecule has 0 aliphatic carbocycles. The van der Waals surface area contributed by atoms with Crippen LogP contribution in [0.25, 0.3) is 22.1 Å². The van der Waals surface area contributed by atoms with Gasteiger partial charge < -0.3 is 39.5 Å². The maximum absolute atomic E-state index is 5.60. The van der Waals surface area contributed by atoms with Gasteiger partial charge in [-0.2, -0.15) is 30.1 Å². The van der Waals surface area contributed by atoms with E-state index in [1.807, 2.05) is 67.8 Å². The molecule has 0 unspecified atom stereocenters. The Morgan fingerprint density at radius 3 is 1.89 bits per heavy atom. The van der Waals surface area contributed by atoms with Crippen LogP contribution in [0.3, 0.4) is 0 Å². The van der Waals surface area contributed by atoms with Crippen molar-refractivity contribution in [2.45, 2.75) is 40.8 Å². The van der Waals surface area contributed by atoms with Gasteiger partial charge in [0.25, 0.3) is 0 Å². The number of fused-ring (bicyclic) bond motifs is 2. The first kappa shape index (κ1) is 32.2. The van der Waals surface area contributed by atoms with E-state index < -0.39 is 0 Å². The van der Waals surface area contributed by atoms with E-state index in [9.17, 15) is 0 Å². The van der Waals surface area contributed by atoms with E-state index in [4.69, 9.17) is 18.9 Å². The Balaban J connectivity index is 0.000000181.